The number of sulfonamides is 1. The van der Waals surface area contributed by atoms with Crippen LogP contribution in [0.3, 0.4) is 0 Å². The van der Waals surface area contributed by atoms with E-state index in [-0.39, 0.29) is 5.70 Å². The molecule has 14 heavy (non-hydrogen) atoms. The van der Waals surface area contributed by atoms with E-state index >= 15 is 0 Å². The molecule has 4 N–H and O–H groups in total. The molecular formula is C8H9FN2O2S. The summed E-state index contributed by atoms with van der Waals surface area (Å²) >= 11 is 0. The second-order valence-corrected chi connectivity index (χ2v) is 4.08. The van der Waals surface area contributed by atoms with Crippen LogP contribution in [0, 0.1) is 5.82 Å². The lowest BCUT2D eigenvalue weighted by atomic mass is 10.2. The van der Waals surface area contributed by atoms with Gasteiger partial charge in [0, 0.05) is 0 Å². The van der Waals surface area contributed by atoms with Gasteiger partial charge in [0.15, 0.2) is 0 Å². The van der Waals surface area contributed by atoms with E-state index in [2.05, 4.69) is 0 Å². The SMILES string of the molecule is N/C(=C\S(N)(=O)=O)c1ccc(F)cc1. The van der Waals surface area contributed by atoms with Crippen LogP contribution in [-0.2, 0) is 10.0 Å². The minimum atomic E-state index is -3.76. The molecule has 0 aromatic heterocycles. The fraction of sp³-hybridized carbons (Fsp3) is 0. The van der Waals surface area contributed by atoms with Crippen LogP contribution in [0.25, 0.3) is 5.70 Å². The highest BCUT2D eigenvalue weighted by Crippen LogP contribution is 2.10. The smallest absolute Gasteiger partial charge is 0.233 e. The Balaban J connectivity index is 3.07. The third-order valence-corrected chi connectivity index (χ3v) is 2.05. The molecule has 0 atom stereocenters. The molecule has 0 amide bonds. The number of rotatable bonds is 2. The van der Waals surface area contributed by atoms with Crippen LogP contribution in [0.4, 0.5) is 4.39 Å². The number of nitrogens with two attached hydrogens (primary N) is 2. The van der Waals surface area contributed by atoms with Gasteiger partial charge in [0.2, 0.25) is 10.0 Å². The average Bonchev–Trinajstić information content (AvgIpc) is 2.02. The van der Waals surface area contributed by atoms with Gasteiger partial charge < -0.3 is 5.73 Å². The second kappa shape index (κ2) is 3.77. The minimum Gasteiger partial charge on any atom is -0.398 e. The van der Waals surface area contributed by atoms with Crippen molar-refractivity contribution in [3.8, 4) is 0 Å². The third kappa shape index (κ3) is 3.15. The maximum absolute atomic E-state index is 12.5. The van der Waals surface area contributed by atoms with Gasteiger partial charge in [-0.15, -0.1) is 0 Å². The normalized spacial score (nSPS) is 12.9. The Morgan fingerprint density at radius 2 is 1.79 bits per heavy atom. The first-order valence-electron chi connectivity index (χ1n) is 3.64. The van der Waals surface area contributed by atoms with E-state index in [0.29, 0.717) is 5.56 Å². The Bertz CT molecular complexity index is 451. The molecule has 4 nitrogen and oxygen atoms in total. The molecule has 0 radical (unpaired) electrons. The van der Waals surface area contributed by atoms with Gasteiger partial charge in [-0.1, -0.05) is 0 Å². The molecule has 0 aliphatic carbocycles. The topological polar surface area (TPSA) is 86.2 Å². The first kappa shape index (κ1) is 10.7. The standard InChI is InChI=1S/C8H9FN2O2S/c9-7-3-1-6(2-4-7)8(10)5-14(11,12)13/h1-5H,10H2,(H2,11,12,13)/b8-5-. The summed E-state index contributed by atoms with van der Waals surface area (Å²) in [5, 5.41) is 5.47. The molecule has 0 unspecified atom stereocenters. The molecule has 0 saturated carbocycles. The van der Waals surface area contributed by atoms with Gasteiger partial charge in [0.25, 0.3) is 0 Å². The van der Waals surface area contributed by atoms with E-state index < -0.39 is 15.8 Å². The third-order valence-electron chi connectivity index (χ3n) is 1.47. The van der Waals surface area contributed by atoms with Gasteiger partial charge in [-0.2, -0.15) is 0 Å². The summed E-state index contributed by atoms with van der Waals surface area (Å²) in [6.45, 7) is 0. The Hall–Kier alpha value is -1.40. The fourth-order valence-corrected chi connectivity index (χ4v) is 1.38. The zero-order valence-electron chi connectivity index (χ0n) is 7.14. The summed E-state index contributed by atoms with van der Waals surface area (Å²) in [5.74, 6) is -0.419. The highest BCUT2D eigenvalue weighted by atomic mass is 32.2. The molecule has 1 rings (SSSR count). The maximum Gasteiger partial charge on any atom is 0.233 e. The van der Waals surface area contributed by atoms with E-state index in [1.54, 1.807) is 0 Å². The van der Waals surface area contributed by atoms with Crippen molar-refractivity contribution in [3.63, 3.8) is 0 Å². The first-order valence-corrected chi connectivity index (χ1v) is 5.25. The quantitative estimate of drug-likeness (QED) is 0.748. The van der Waals surface area contributed by atoms with Crippen LogP contribution in [0.5, 0.6) is 0 Å². The maximum atomic E-state index is 12.5. The van der Waals surface area contributed by atoms with Gasteiger partial charge in [-0.3, -0.25) is 0 Å². The van der Waals surface area contributed by atoms with Crippen molar-refractivity contribution >= 4 is 15.7 Å². The number of hydrogen-bond acceptors (Lipinski definition) is 3. The largest absolute Gasteiger partial charge is 0.398 e. The van der Waals surface area contributed by atoms with Crippen molar-refractivity contribution in [3.05, 3.63) is 41.1 Å². The Morgan fingerprint density at radius 1 is 1.29 bits per heavy atom. The summed E-state index contributed by atoms with van der Waals surface area (Å²) in [4.78, 5) is 0. The summed E-state index contributed by atoms with van der Waals surface area (Å²) in [6, 6.07) is 5.09. The van der Waals surface area contributed by atoms with Crippen LogP contribution in [0.1, 0.15) is 5.56 Å². The lowest BCUT2D eigenvalue weighted by molar-refractivity contribution is 0.606. The average molecular weight is 216 g/mol. The molecule has 1 aromatic carbocycles. The number of primary sulfonamides is 1. The number of halogens is 1. The molecule has 0 spiro atoms. The summed E-state index contributed by atoms with van der Waals surface area (Å²) in [7, 11) is -3.76. The van der Waals surface area contributed by atoms with Gasteiger partial charge in [-0.25, -0.2) is 17.9 Å². The molecule has 0 saturated heterocycles. The van der Waals surface area contributed by atoms with E-state index in [4.69, 9.17) is 10.9 Å². The lowest BCUT2D eigenvalue weighted by Crippen LogP contribution is -2.10. The van der Waals surface area contributed by atoms with Crippen molar-refractivity contribution in [1.29, 1.82) is 0 Å². The summed E-state index contributed by atoms with van der Waals surface area (Å²) in [5.41, 5.74) is 5.79. The first-order chi connectivity index (χ1) is 6.38. The monoisotopic (exact) mass is 216 g/mol. The Kier molecular flexibility index (Phi) is 2.87. The molecular weight excluding hydrogens is 207 g/mol. The highest BCUT2D eigenvalue weighted by Gasteiger charge is 2.02. The number of benzene rings is 1. The second-order valence-electron chi connectivity index (χ2n) is 2.67. The minimum absolute atomic E-state index is 0.0208. The lowest BCUT2D eigenvalue weighted by Gasteiger charge is -2.00. The van der Waals surface area contributed by atoms with E-state index in [0.717, 1.165) is 5.41 Å². The van der Waals surface area contributed by atoms with E-state index in [9.17, 15) is 12.8 Å². The van der Waals surface area contributed by atoms with E-state index in [1.807, 2.05) is 0 Å². The van der Waals surface area contributed by atoms with Crippen molar-refractivity contribution in [1.82, 2.24) is 0 Å². The van der Waals surface area contributed by atoms with Crippen LogP contribution in [0.2, 0.25) is 0 Å². The molecule has 0 fully saturated rings. The van der Waals surface area contributed by atoms with Crippen molar-refractivity contribution in [2.24, 2.45) is 10.9 Å². The summed E-state index contributed by atoms with van der Waals surface area (Å²) < 4.78 is 33.7. The molecule has 76 valence electrons. The molecule has 0 aliphatic rings. The molecule has 0 aliphatic heterocycles. The predicted molar refractivity (Wildman–Crippen MR) is 51.7 cm³/mol. The van der Waals surface area contributed by atoms with Gasteiger partial charge in [0.1, 0.15) is 5.82 Å². The van der Waals surface area contributed by atoms with Crippen LogP contribution >= 0.6 is 0 Å². The van der Waals surface area contributed by atoms with Crippen molar-refractivity contribution in [2.75, 3.05) is 0 Å². The van der Waals surface area contributed by atoms with Crippen LogP contribution < -0.4 is 10.9 Å². The Morgan fingerprint density at radius 3 is 2.21 bits per heavy atom. The van der Waals surface area contributed by atoms with Gasteiger partial charge >= 0.3 is 0 Å². The predicted octanol–water partition coefficient (Wildman–Crippen LogP) is 0.371. The molecule has 0 bridgehead atoms. The fourth-order valence-electron chi connectivity index (χ4n) is 0.887. The zero-order valence-corrected chi connectivity index (χ0v) is 7.96. The summed E-state index contributed by atoms with van der Waals surface area (Å²) in [6.07, 6.45) is 0. The number of hydrogen-bond donors (Lipinski definition) is 2. The van der Waals surface area contributed by atoms with Crippen molar-refractivity contribution in [2.45, 2.75) is 0 Å². The van der Waals surface area contributed by atoms with Gasteiger partial charge in [0.05, 0.1) is 11.1 Å². The van der Waals surface area contributed by atoms with E-state index in [1.165, 1.54) is 24.3 Å². The molecule has 1 aromatic rings. The van der Waals surface area contributed by atoms with Crippen LogP contribution in [0.15, 0.2) is 29.7 Å². The Labute approximate surface area is 81.1 Å². The molecule has 0 heterocycles. The highest BCUT2D eigenvalue weighted by molar-refractivity contribution is 7.92. The zero-order chi connectivity index (χ0) is 10.8. The van der Waals surface area contributed by atoms with Gasteiger partial charge in [-0.05, 0) is 29.8 Å². The van der Waals surface area contributed by atoms with Crippen molar-refractivity contribution < 1.29 is 12.8 Å². The molecule has 6 heteroatoms. The van der Waals surface area contributed by atoms with Crippen LogP contribution in [-0.4, -0.2) is 8.42 Å².